The van der Waals surface area contributed by atoms with Gasteiger partial charge in [-0.25, -0.2) is 8.42 Å². The zero-order valence-corrected chi connectivity index (χ0v) is 19.0. The average molecular weight is 465 g/mol. The second-order valence-electron chi connectivity index (χ2n) is 8.12. The van der Waals surface area contributed by atoms with Crippen LogP contribution in [0.1, 0.15) is 64.3 Å². The van der Waals surface area contributed by atoms with E-state index in [-0.39, 0.29) is 28.2 Å². The van der Waals surface area contributed by atoms with Crippen LogP contribution >= 0.6 is 0 Å². The summed E-state index contributed by atoms with van der Waals surface area (Å²) in [4.78, 5) is 23.3. The Kier molecular flexibility index (Phi) is 6.05. The highest BCUT2D eigenvalue weighted by Gasteiger charge is 2.28. The van der Waals surface area contributed by atoms with Crippen molar-refractivity contribution < 1.29 is 23.1 Å². The maximum atomic E-state index is 12.9. The molecule has 4 rings (SSSR count). The van der Waals surface area contributed by atoms with Crippen molar-refractivity contribution in [3.05, 3.63) is 89.0 Å². The van der Waals surface area contributed by atoms with E-state index in [0.717, 1.165) is 5.56 Å². The summed E-state index contributed by atoms with van der Waals surface area (Å²) in [6.45, 7) is 2.92. The molecule has 2 atom stereocenters. The molecule has 3 aromatic rings. The fourth-order valence-corrected chi connectivity index (χ4v) is 5.01. The minimum absolute atomic E-state index is 0.00681. The van der Waals surface area contributed by atoms with Crippen LogP contribution in [0.25, 0.3) is 0 Å². The van der Waals surface area contributed by atoms with Crippen LogP contribution in [-0.2, 0) is 10.0 Å². The van der Waals surface area contributed by atoms with Crippen molar-refractivity contribution in [2.45, 2.75) is 37.3 Å². The van der Waals surface area contributed by atoms with Gasteiger partial charge in [0.2, 0.25) is 0 Å². The number of carbonyl (C=O) groups excluding carboxylic acids is 2. The summed E-state index contributed by atoms with van der Waals surface area (Å²) in [6, 6.07) is 17.8. The number of hydrogen-bond acceptors (Lipinski definition) is 6. The number of hydrogen-bond donors (Lipinski definition) is 3. The number of Topliss-reactive ketones (excluding diaryl/α,β-unsaturated/α-hetero) is 2. The van der Waals surface area contributed by atoms with Gasteiger partial charge in [0.25, 0.3) is 10.0 Å². The van der Waals surface area contributed by atoms with Crippen molar-refractivity contribution in [2.75, 3.05) is 10.0 Å². The van der Waals surface area contributed by atoms with Gasteiger partial charge in [0, 0.05) is 34.5 Å². The normalized spacial score (nSPS) is 17.5. The van der Waals surface area contributed by atoms with Gasteiger partial charge >= 0.3 is 0 Å². The summed E-state index contributed by atoms with van der Waals surface area (Å²) in [7, 11) is -3.93. The second-order valence-corrected chi connectivity index (χ2v) is 9.80. The van der Waals surface area contributed by atoms with Crippen LogP contribution in [-0.4, -0.2) is 25.1 Å². The van der Waals surface area contributed by atoms with Gasteiger partial charge in [0.1, 0.15) is 0 Å². The highest BCUT2D eigenvalue weighted by molar-refractivity contribution is 7.92. The molecule has 0 saturated carbocycles. The Morgan fingerprint density at radius 1 is 0.939 bits per heavy atom. The minimum atomic E-state index is -3.93. The van der Waals surface area contributed by atoms with Crippen LogP contribution in [0.2, 0.25) is 0 Å². The fraction of sp³-hybridized carbons (Fsp3) is 0.200. The topological polar surface area (TPSA) is 113 Å². The summed E-state index contributed by atoms with van der Waals surface area (Å²) in [5, 5.41) is 14.1. The van der Waals surface area contributed by atoms with Crippen LogP contribution in [0, 0.1) is 0 Å². The highest BCUT2D eigenvalue weighted by atomic mass is 32.2. The monoisotopic (exact) mass is 464 g/mol. The quantitative estimate of drug-likeness (QED) is 0.464. The molecule has 170 valence electrons. The zero-order valence-electron chi connectivity index (χ0n) is 18.2. The lowest BCUT2D eigenvalue weighted by molar-refractivity contribution is 0.100. The Balaban J connectivity index is 1.60. The molecule has 0 bridgehead atoms. The van der Waals surface area contributed by atoms with E-state index in [9.17, 15) is 23.1 Å². The first-order chi connectivity index (χ1) is 15.6. The number of rotatable bonds is 6. The van der Waals surface area contributed by atoms with Gasteiger partial charge < -0.3 is 10.4 Å². The molecule has 8 heteroatoms. The van der Waals surface area contributed by atoms with E-state index in [1.165, 1.54) is 32.0 Å². The van der Waals surface area contributed by atoms with Crippen LogP contribution in [0.4, 0.5) is 11.4 Å². The predicted molar refractivity (Wildman–Crippen MR) is 126 cm³/mol. The number of anilines is 2. The molecule has 3 aromatic carbocycles. The molecular weight excluding hydrogens is 440 g/mol. The fourth-order valence-electron chi connectivity index (χ4n) is 3.92. The molecular formula is C25H24N2O5S. The van der Waals surface area contributed by atoms with E-state index in [2.05, 4.69) is 10.0 Å². The van der Waals surface area contributed by atoms with Crippen molar-refractivity contribution in [1.29, 1.82) is 0 Å². The molecule has 0 fully saturated rings. The molecule has 0 aliphatic carbocycles. The Labute approximate surface area is 192 Å². The lowest BCUT2D eigenvalue weighted by Crippen LogP contribution is -2.22. The maximum Gasteiger partial charge on any atom is 0.261 e. The maximum absolute atomic E-state index is 12.9. The van der Waals surface area contributed by atoms with Gasteiger partial charge in [-0.1, -0.05) is 30.3 Å². The minimum Gasteiger partial charge on any atom is -0.388 e. The summed E-state index contributed by atoms with van der Waals surface area (Å²) in [5.41, 5.74) is 3.26. The lowest BCUT2D eigenvalue weighted by atomic mass is 9.90. The standard InChI is InChI=1S/C25H24N2O5S/c1-15(28)17-5-3-7-19(11-17)24-14-25(30)22-13-21(9-10-23(22)26-24)33(31,32)27-20-8-4-6-18(12-20)16(2)29/h3-13,24-27,30H,14H2,1-2H3. The molecule has 0 radical (unpaired) electrons. The highest BCUT2D eigenvalue weighted by Crippen LogP contribution is 2.40. The molecule has 1 aliphatic rings. The molecule has 7 nitrogen and oxygen atoms in total. The summed E-state index contributed by atoms with van der Waals surface area (Å²) >= 11 is 0. The Morgan fingerprint density at radius 2 is 1.61 bits per heavy atom. The smallest absolute Gasteiger partial charge is 0.261 e. The molecule has 0 amide bonds. The van der Waals surface area contributed by atoms with Gasteiger partial charge in [0.05, 0.1) is 17.0 Å². The molecule has 33 heavy (non-hydrogen) atoms. The molecule has 1 aliphatic heterocycles. The molecule has 0 aromatic heterocycles. The lowest BCUT2D eigenvalue weighted by Gasteiger charge is -2.31. The van der Waals surface area contributed by atoms with Crippen LogP contribution in [0.5, 0.6) is 0 Å². The third-order valence-corrected chi connectivity index (χ3v) is 7.08. The first-order valence-electron chi connectivity index (χ1n) is 10.5. The molecule has 0 saturated heterocycles. The van der Waals surface area contributed by atoms with Crippen molar-refractivity contribution in [1.82, 2.24) is 0 Å². The number of aliphatic hydroxyl groups is 1. The van der Waals surface area contributed by atoms with Crippen LogP contribution < -0.4 is 10.0 Å². The van der Waals surface area contributed by atoms with Gasteiger partial charge in [-0.15, -0.1) is 0 Å². The van der Waals surface area contributed by atoms with E-state index < -0.39 is 16.1 Å². The number of nitrogens with one attached hydrogen (secondary N) is 2. The number of ketones is 2. The number of aliphatic hydroxyl groups excluding tert-OH is 1. The van der Waals surface area contributed by atoms with Gasteiger partial charge in [-0.05, 0) is 55.8 Å². The third kappa shape index (κ3) is 4.81. The number of fused-ring (bicyclic) bond motifs is 1. The molecule has 2 unspecified atom stereocenters. The average Bonchev–Trinajstić information content (AvgIpc) is 2.78. The van der Waals surface area contributed by atoms with Gasteiger partial charge in [-0.2, -0.15) is 0 Å². The second kappa shape index (κ2) is 8.80. The number of sulfonamides is 1. The van der Waals surface area contributed by atoms with E-state index in [1.807, 2.05) is 6.07 Å². The Bertz CT molecular complexity index is 1350. The predicted octanol–water partition coefficient (Wildman–Crippen LogP) is 4.48. The van der Waals surface area contributed by atoms with Crippen molar-refractivity contribution >= 4 is 33.0 Å². The van der Waals surface area contributed by atoms with Crippen molar-refractivity contribution in [3.8, 4) is 0 Å². The van der Waals surface area contributed by atoms with Crippen LogP contribution in [0.15, 0.2) is 71.6 Å². The van der Waals surface area contributed by atoms with Crippen molar-refractivity contribution in [2.24, 2.45) is 0 Å². The summed E-state index contributed by atoms with van der Waals surface area (Å²) in [6.07, 6.45) is -0.560. The summed E-state index contributed by atoms with van der Waals surface area (Å²) < 4.78 is 28.4. The van der Waals surface area contributed by atoms with E-state index in [4.69, 9.17) is 0 Å². The SMILES string of the molecule is CC(=O)c1cccc(NS(=O)(=O)c2ccc3c(c2)C(O)CC(c2cccc(C(C)=O)c2)N3)c1. The Morgan fingerprint density at radius 3 is 2.30 bits per heavy atom. The number of carbonyl (C=O) groups is 2. The zero-order chi connectivity index (χ0) is 23.8. The Hall–Kier alpha value is -3.49. The third-order valence-electron chi connectivity index (χ3n) is 5.70. The van der Waals surface area contributed by atoms with Crippen LogP contribution in [0.3, 0.4) is 0 Å². The van der Waals surface area contributed by atoms with E-state index in [1.54, 1.807) is 42.5 Å². The van der Waals surface area contributed by atoms with Gasteiger partial charge in [0.15, 0.2) is 11.6 Å². The van der Waals surface area contributed by atoms with E-state index in [0.29, 0.717) is 28.8 Å². The first-order valence-corrected chi connectivity index (χ1v) is 12.0. The number of benzene rings is 3. The van der Waals surface area contributed by atoms with Crippen molar-refractivity contribution in [3.63, 3.8) is 0 Å². The first kappa shape index (κ1) is 22.7. The molecule has 3 N–H and O–H groups in total. The van der Waals surface area contributed by atoms with Gasteiger partial charge in [-0.3, -0.25) is 14.3 Å². The largest absolute Gasteiger partial charge is 0.388 e. The molecule has 1 heterocycles. The molecule has 0 spiro atoms. The summed E-state index contributed by atoms with van der Waals surface area (Å²) in [5.74, 6) is -0.202. The van der Waals surface area contributed by atoms with E-state index >= 15 is 0 Å².